The first kappa shape index (κ1) is 19.8. The molecular formula is C15H12Cl2F3N3OS. The molecule has 4 nitrogen and oxygen atoms in total. The summed E-state index contributed by atoms with van der Waals surface area (Å²) < 4.78 is 39.1. The number of amides is 1. The second-order valence-electron chi connectivity index (χ2n) is 5.45. The molecule has 1 aliphatic carbocycles. The molecule has 1 amide bonds. The molecule has 0 atom stereocenters. The Balaban J connectivity index is 0.000000701. The van der Waals surface area contributed by atoms with Crippen LogP contribution in [0.4, 0.5) is 18.9 Å². The second kappa shape index (κ2) is 7.36. The van der Waals surface area contributed by atoms with Crippen molar-refractivity contribution in [3.05, 3.63) is 29.3 Å². The number of carbonyl (C=O) groups excluding carboxylic acids is 1. The van der Waals surface area contributed by atoms with Gasteiger partial charge < -0.3 is 5.32 Å². The molecule has 2 fully saturated rings. The van der Waals surface area contributed by atoms with Gasteiger partial charge in [-0.1, -0.05) is 0 Å². The summed E-state index contributed by atoms with van der Waals surface area (Å²) in [6.45, 7) is 0. The van der Waals surface area contributed by atoms with Crippen molar-refractivity contribution in [1.82, 2.24) is 5.32 Å². The summed E-state index contributed by atoms with van der Waals surface area (Å²) >= 11 is 14.6. The van der Waals surface area contributed by atoms with Crippen molar-refractivity contribution in [3.63, 3.8) is 0 Å². The van der Waals surface area contributed by atoms with E-state index >= 15 is 0 Å². The summed E-state index contributed by atoms with van der Waals surface area (Å²) in [5, 5.41) is 12.0. The fourth-order valence-electron chi connectivity index (χ4n) is 2.73. The first-order valence-corrected chi connectivity index (χ1v) is 8.58. The number of halogens is 5. The number of hydrogen-bond donors (Lipinski definition) is 1. The van der Waals surface area contributed by atoms with Gasteiger partial charge in [-0.3, -0.25) is 9.69 Å². The highest BCUT2D eigenvalue weighted by Crippen LogP contribution is 2.40. The van der Waals surface area contributed by atoms with Crippen LogP contribution in [-0.2, 0) is 11.0 Å². The Morgan fingerprint density at radius 1 is 1.36 bits per heavy atom. The van der Waals surface area contributed by atoms with E-state index in [1.165, 1.54) is 12.1 Å². The van der Waals surface area contributed by atoms with Crippen molar-refractivity contribution in [2.75, 3.05) is 10.2 Å². The number of anilines is 1. The minimum Gasteiger partial charge on any atom is -0.348 e. The van der Waals surface area contributed by atoms with E-state index in [0.29, 0.717) is 12.8 Å². The Labute approximate surface area is 157 Å². The van der Waals surface area contributed by atoms with Crippen LogP contribution in [0.25, 0.3) is 0 Å². The second-order valence-corrected chi connectivity index (χ2v) is 6.64. The summed E-state index contributed by atoms with van der Waals surface area (Å²) in [6.07, 6.45) is -2.57. The predicted molar refractivity (Wildman–Crippen MR) is 92.5 cm³/mol. The monoisotopic (exact) mass is 409 g/mol. The molecule has 10 heteroatoms. The fraction of sp³-hybridized carbons (Fsp3) is 0.400. The quantitative estimate of drug-likeness (QED) is 0.559. The molecule has 134 valence electrons. The van der Waals surface area contributed by atoms with E-state index < -0.39 is 22.8 Å². The van der Waals surface area contributed by atoms with Gasteiger partial charge in [0.1, 0.15) is 5.54 Å². The Morgan fingerprint density at radius 3 is 2.36 bits per heavy atom. The first-order valence-electron chi connectivity index (χ1n) is 7.10. The highest BCUT2D eigenvalue weighted by molar-refractivity contribution is 7.80. The van der Waals surface area contributed by atoms with Crippen molar-refractivity contribution < 1.29 is 18.0 Å². The van der Waals surface area contributed by atoms with E-state index in [0.717, 1.165) is 23.5 Å². The predicted octanol–water partition coefficient (Wildman–Crippen LogP) is 4.14. The van der Waals surface area contributed by atoms with Gasteiger partial charge in [0.2, 0.25) is 0 Å². The zero-order chi connectivity index (χ0) is 18.8. The van der Waals surface area contributed by atoms with Gasteiger partial charge in [-0.2, -0.15) is 18.4 Å². The topological polar surface area (TPSA) is 56.1 Å². The number of alkyl halides is 5. The van der Waals surface area contributed by atoms with E-state index in [4.69, 9.17) is 40.7 Å². The lowest BCUT2D eigenvalue weighted by Gasteiger charge is -2.35. The van der Waals surface area contributed by atoms with Gasteiger partial charge in [0.05, 0.1) is 28.2 Å². The maximum atomic E-state index is 13.0. The zero-order valence-corrected chi connectivity index (χ0v) is 15.0. The SMILES string of the molecule is ClCCl.N#Cc1ccc(N2C(=O)C3(CCC3)NC2=S)cc1C(F)(F)F. The van der Waals surface area contributed by atoms with Gasteiger partial charge in [-0.15, -0.1) is 23.2 Å². The van der Waals surface area contributed by atoms with Gasteiger partial charge in [0.25, 0.3) is 5.91 Å². The Bertz CT molecular complexity index is 745. The molecule has 1 spiro atoms. The van der Waals surface area contributed by atoms with E-state index in [1.807, 2.05) is 0 Å². The molecular weight excluding hydrogens is 398 g/mol. The van der Waals surface area contributed by atoms with Crippen LogP contribution in [0.2, 0.25) is 0 Å². The number of nitrogens with one attached hydrogen (secondary N) is 1. The maximum Gasteiger partial charge on any atom is 0.417 e. The molecule has 0 bridgehead atoms. The highest BCUT2D eigenvalue weighted by atomic mass is 35.5. The van der Waals surface area contributed by atoms with Crippen LogP contribution in [0.15, 0.2) is 18.2 Å². The highest BCUT2D eigenvalue weighted by Gasteiger charge is 2.53. The number of nitriles is 1. The van der Waals surface area contributed by atoms with Gasteiger partial charge >= 0.3 is 6.18 Å². The van der Waals surface area contributed by atoms with E-state index in [2.05, 4.69) is 5.32 Å². The third-order valence-corrected chi connectivity index (χ3v) is 4.34. The number of rotatable bonds is 1. The number of thiocarbonyl (C=S) groups is 1. The van der Waals surface area contributed by atoms with Gasteiger partial charge in [-0.05, 0) is 49.7 Å². The molecule has 0 unspecified atom stereocenters. The Hall–Kier alpha value is -1.56. The third kappa shape index (κ3) is 3.68. The van der Waals surface area contributed by atoms with E-state index in [-0.39, 0.29) is 22.0 Å². The first-order chi connectivity index (χ1) is 11.7. The molecule has 3 rings (SSSR count). The Kier molecular flexibility index (Phi) is 5.82. The third-order valence-electron chi connectivity index (χ3n) is 4.06. The molecule has 1 aromatic carbocycles. The number of hydrogen-bond acceptors (Lipinski definition) is 3. The maximum absolute atomic E-state index is 13.0. The van der Waals surface area contributed by atoms with Gasteiger partial charge in [-0.25, -0.2) is 0 Å². The summed E-state index contributed by atoms with van der Waals surface area (Å²) in [6, 6.07) is 4.66. The molecule has 1 heterocycles. The minimum absolute atomic E-state index is 0.0256. The molecule has 1 N–H and O–H groups in total. The lowest BCUT2D eigenvalue weighted by molar-refractivity contribution is -0.137. The van der Waals surface area contributed by atoms with Gasteiger partial charge in [0.15, 0.2) is 5.11 Å². The molecule has 1 saturated carbocycles. The normalized spacial score (nSPS) is 18.2. The average molecular weight is 410 g/mol. The van der Waals surface area contributed by atoms with Crippen molar-refractivity contribution in [2.24, 2.45) is 0 Å². The van der Waals surface area contributed by atoms with Crippen LogP contribution in [0.1, 0.15) is 30.4 Å². The van der Waals surface area contributed by atoms with Crippen molar-refractivity contribution in [2.45, 2.75) is 31.0 Å². The lowest BCUT2D eigenvalue weighted by atomic mass is 9.77. The van der Waals surface area contributed by atoms with Crippen molar-refractivity contribution in [1.29, 1.82) is 5.26 Å². The number of carbonyl (C=O) groups is 1. The number of nitrogens with zero attached hydrogens (tertiary/aromatic N) is 2. The van der Waals surface area contributed by atoms with Crippen LogP contribution in [0, 0.1) is 11.3 Å². The molecule has 0 radical (unpaired) electrons. The summed E-state index contributed by atoms with van der Waals surface area (Å²) in [5.74, 6) is -0.332. The van der Waals surface area contributed by atoms with Crippen LogP contribution in [0.3, 0.4) is 0 Å². The molecule has 0 aromatic heterocycles. The van der Waals surface area contributed by atoms with Crippen molar-refractivity contribution in [3.8, 4) is 6.07 Å². The molecule has 1 aliphatic heterocycles. The molecule has 25 heavy (non-hydrogen) atoms. The fourth-order valence-corrected chi connectivity index (χ4v) is 3.11. The van der Waals surface area contributed by atoms with Crippen LogP contribution < -0.4 is 10.2 Å². The molecule has 2 aliphatic rings. The average Bonchev–Trinajstić information content (AvgIpc) is 2.78. The van der Waals surface area contributed by atoms with E-state index in [9.17, 15) is 18.0 Å². The summed E-state index contributed by atoms with van der Waals surface area (Å²) in [5.41, 5.74) is -2.29. The van der Waals surface area contributed by atoms with Gasteiger partial charge in [0, 0.05) is 0 Å². The number of benzene rings is 1. The zero-order valence-electron chi connectivity index (χ0n) is 12.7. The van der Waals surface area contributed by atoms with E-state index in [1.54, 1.807) is 0 Å². The molecule has 1 aromatic rings. The minimum atomic E-state index is -4.67. The summed E-state index contributed by atoms with van der Waals surface area (Å²) in [7, 11) is 0. The standard InChI is InChI=1S/C14H10F3N3OS.CH2Cl2/c15-14(16,17)10-6-9(3-2-8(10)7-18)20-11(21)13(4-1-5-13)19-12(20)22;2-1-3/h2-3,6H,1,4-5H2,(H,19,22);1H2. The molecule has 1 saturated heterocycles. The van der Waals surface area contributed by atoms with Crippen LogP contribution in [0.5, 0.6) is 0 Å². The summed E-state index contributed by atoms with van der Waals surface area (Å²) in [4.78, 5) is 13.6. The van der Waals surface area contributed by atoms with Crippen LogP contribution in [-0.4, -0.2) is 21.9 Å². The lowest BCUT2D eigenvalue weighted by Crippen LogP contribution is -2.52. The Morgan fingerprint density at radius 2 is 1.96 bits per heavy atom. The van der Waals surface area contributed by atoms with Crippen LogP contribution >= 0.6 is 35.4 Å². The smallest absolute Gasteiger partial charge is 0.348 e. The largest absolute Gasteiger partial charge is 0.417 e. The van der Waals surface area contributed by atoms with Crippen molar-refractivity contribution >= 4 is 52.1 Å².